The van der Waals surface area contributed by atoms with Gasteiger partial charge in [-0.15, -0.1) is 0 Å². The number of halogens is 2. The normalized spacial score (nSPS) is 11.3. The van der Waals surface area contributed by atoms with E-state index in [4.69, 9.17) is 23.2 Å². The van der Waals surface area contributed by atoms with Gasteiger partial charge < -0.3 is 0 Å². The summed E-state index contributed by atoms with van der Waals surface area (Å²) in [6.45, 7) is 1.57. The second-order valence-electron chi connectivity index (χ2n) is 4.78. The summed E-state index contributed by atoms with van der Waals surface area (Å²) in [5.74, 6) is 0. The average molecular weight is 375 g/mol. The molecular formula is C14H12Cl2N2O4S. The average Bonchev–Trinajstić information content (AvgIpc) is 2.49. The highest BCUT2D eigenvalue weighted by Crippen LogP contribution is 2.31. The van der Waals surface area contributed by atoms with Crippen molar-refractivity contribution in [1.29, 1.82) is 0 Å². The second kappa shape index (κ2) is 6.35. The first-order valence-corrected chi connectivity index (χ1v) is 8.53. The number of nitro groups is 1. The van der Waals surface area contributed by atoms with Crippen LogP contribution in [-0.2, 0) is 10.0 Å². The van der Waals surface area contributed by atoms with Crippen molar-refractivity contribution >= 4 is 44.6 Å². The summed E-state index contributed by atoms with van der Waals surface area (Å²) in [4.78, 5) is 10.1. The molecule has 0 unspecified atom stereocenters. The van der Waals surface area contributed by atoms with E-state index < -0.39 is 14.9 Å². The highest BCUT2D eigenvalue weighted by atomic mass is 35.5. The maximum Gasteiger partial charge on any atom is 0.270 e. The molecule has 6 nitrogen and oxygen atoms in total. The lowest BCUT2D eigenvalue weighted by Crippen LogP contribution is -2.27. The lowest BCUT2D eigenvalue weighted by Gasteiger charge is -2.21. The summed E-state index contributed by atoms with van der Waals surface area (Å²) in [5.41, 5.74) is 0.407. The molecule has 0 heterocycles. The molecule has 2 aromatic carbocycles. The minimum absolute atomic E-state index is 0.139. The summed E-state index contributed by atoms with van der Waals surface area (Å²) in [6, 6.07) is 8.08. The molecule has 0 aliphatic carbocycles. The molecule has 0 aliphatic rings. The van der Waals surface area contributed by atoms with Crippen LogP contribution in [0.2, 0.25) is 10.0 Å². The summed E-state index contributed by atoms with van der Waals surface area (Å²) in [5, 5.41) is 11.4. The zero-order chi connectivity index (χ0) is 17.4. The van der Waals surface area contributed by atoms with Gasteiger partial charge in [0.15, 0.2) is 0 Å². The van der Waals surface area contributed by atoms with Crippen LogP contribution in [0.3, 0.4) is 0 Å². The monoisotopic (exact) mass is 374 g/mol. The third-order valence-corrected chi connectivity index (χ3v) is 5.95. The number of nitro benzene ring substituents is 1. The third-order valence-electron chi connectivity index (χ3n) is 3.29. The van der Waals surface area contributed by atoms with Crippen molar-refractivity contribution in [3.8, 4) is 0 Å². The predicted octanol–water partition coefficient (Wildman–Crippen LogP) is 4.04. The van der Waals surface area contributed by atoms with Crippen molar-refractivity contribution in [3.63, 3.8) is 0 Å². The topological polar surface area (TPSA) is 80.5 Å². The summed E-state index contributed by atoms with van der Waals surface area (Å²) in [7, 11) is -2.64. The standard InChI is InChI=1S/C14H12Cl2N2O4S/c1-9-3-4-11(18(19)20)8-14(9)23(21,22)17(2)10-5-6-12(15)13(16)7-10/h3-8H,1-2H3. The largest absolute Gasteiger partial charge is 0.270 e. The highest BCUT2D eigenvalue weighted by Gasteiger charge is 2.26. The number of benzene rings is 2. The molecule has 0 fully saturated rings. The highest BCUT2D eigenvalue weighted by molar-refractivity contribution is 7.92. The van der Waals surface area contributed by atoms with Crippen LogP contribution in [0.25, 0.3) is 0 Å². The molecule has 0 spiro atoms. The van der Waals surface area contributed by atoms with Crippen LogP contribution in [0.5, 0.6) is 0 Å². The first kappa shape index (κ1) is 17.5. The maximum atomic E-state index is 12.8. The van der Waals surface area contributed by atoms with Gasteiger partial charge in [0, 0.05) is 19.2 Å². The Morgan fingerprint density at radius 2 is 1.74 bits per heavy atom. The lowest BCUT2D eigenvalue weighted by atomic mass is 10.2. The van der Waals surface area contributed by atoms with E-state index in [2.05, 4.69) is 0 Å². The Morgan fingerprint density at radius 3 is 2.30 bits per heavy atom. The van der Waals surface area contributed by atoms with Crippen molar-refractivity contribution in [2.24, 2.45) is 0 Å². The molecule has 23 heavy (non-hydrogen) atoms. The van der Waals surface area contributed by atoms with E-state index in [0.717, 1.165) is 10.4 Å². The van der Waals surface area contributed by atoms with Gasteiger partial charge in [-0.3, -0.25) is 14.4 Å². The number of aryl methyl sites for hydroxylation is 1. The van der Waals surface area contributed by atoms with Crippen molar-refractivity contribution in [3.05, 3.63) is 62.1 Å². The molecule has 0 amide bonds. The SMILES string of the molecule is Cc1ccc([N+](=O)[O-])cc1S(=O)(=O)N(C)c1ccc(Cl)c(Cl)c1. The fourth-order valence-electron chi connectivity index (χ4n) is 1.95. The van der Waals surface area contributed by atoms with Crippen molar-refractivity contribution in [2.45, 2.75) is 11.8 Å². The van der Waals surface area contributed by atoms with Gasteiger partial charge >= 0.3 is 0 Å². The maximum absolute atomic E-state index is 12.8. The Hall–Kier alpha value is -1.83. The molecule has 2 rings (SSSR count). The molecule has 122 valence electrons. The number of hydrogen-bond acceptors (Lipinski definition) is 4. The molecule has 0 radical (unpaired) electrons. The Balaban J connectivity index is 2.55. The number of rotatable bonds is 4. The van der Waals surface area contributed by atoms with E-state index in [1.807, 2.05) is 0 Å². The molecule has 0 saturated carbocycles. The fraction of sp³-hybridized carbons (Fsp3) is 0.143. The zero-order valence-electron chi connectivity index (χ0n) is 12.2. The van der Waals surface area contributed by atoms with E-state index in [1.54, 1.807) is 6.92 Å². The molecule has 0 bridgehead atoms. The Kier molecular flexibility index (Phi) is 4.84. The van der Waals surface area contributed by atoms with Gasteiger partial charge in [-0.05, 0) is 30.7 Å². The first-order valence-electron chi connectivity index (χ1n) is 6.33. The number of hydrogen-bond donors (Lipinski definition) is 0. The number of non-ortho nitro benzene ring substituents is 1. The Morgan fingerprint density at radius 1 is 1.09 bits per heavy atom. The molecule has 0 atom stereocenters. The Bertz CT molecular complexity index is 884. The van der Waals surface area contributed by atoms with Gasteiger partial charge in [-0.25, -0.2) is 8.42 Å². The van der Waals surface area contributed by atoms with Gasteiger partial charge in [-0.2, -0.15) is 0 Å². The molecule has 2 aromatic rings. The van der Waals surface area contributed by atoms with Gasteiger partial charge in [0.05, 0.1) is 25.6 Å². The summed E-state index contributed by atoms with van der Waals surface area (Å²) in [6.07, 6.45) is 0. The van der Waals surface area contributed by atoms with Gasteiger partial charge in [0.25, 0.3) is 15.7 Å². The van der Waals surface area contributed by atoms with Gasteiger partial charge in [0.2, 0.25) is 0 Å². The number of anilines is 1. The quantitative estimate of drug-likeness (QED) is 0.597. The number of sulfonamides is 1. The van der Waals surface area contributed by atoms with Gasteiger partial charge in [-0.1, -0.05) is 29.3 Å². The smallest absolute Gasteiger partial charge is 0.269 e. The molecular weight excluding hydrogens is 363 g/mol. The molecule has 0 aromatic heterocycles. The van der Waals surface area contributed by atoms with Crippen LogP contribution in [0, 0.1) is 17.0 Å². The van der Waals surface area contributed by atoms with E-state index in [0.29, 0.717) is 16.3 Å². The van der Waals surface area contributed by atoms with E-state index in [1.165, 1.54) is 37.4 Å². The van der Waals surface area contributed by atoms with E-state index in [-0.39, 0.29) is 15.6 Å². The summed E-state index contributed by atoms with van der Waals surface area (Å²) >= 11 is 11.7. The van der Waals surface area contributed by atoms with Crippen LogP contribution < -0.4 is 4.31 Å². The minimum Gasteiger partial charge on any atom is -0.269 e. The van der Waals surface area contributed by atoms with E-state index >= 15 is 0 Å². The Labute approximate surface area is 143 Å². The van der Waals surface area contributed by atoms with Crippen LogP contribution in [-0.4, -0.2) is 20.4 Å². The van der Waals surface area contributed by atoms with Crippen LogP contribution in [0.1, 0.15) is 5.56 Å². The van der Waals surface area contributed by atoms with Crippen LogP contribution >= 0.6 is 23.2 Å². The van der Waals surface area contributed by atoms with Gasteiger partial charge in [0.1, 0.15) is 0 Å². The first-order chi connectivity index (χ1) is 10.6. The number of nitrogens with zero attached hydrogens (tertiary/aromatic N) is 2. The molecule has 0 saturated heterocycles. The fourth-order valence-corrected chi connectivity index (χ4v) is 3.67. The zero-order valence-corrected chi connectivity index (χ0v) is 14.5. The van der Waals surface area contributed by atoms with Crippen molar-refractivity contribution < 1.29 is 13.3 Å². The third kappa shape index (κ3) is 3.41. The molecule has 0 aliphatic heterocycles. The molecule has 9 heteroatoms. The van der Waals surface area contributed by atoms with Crippen LogP contribution in [0.15, 0.2) is 41.3 Å². The van der Waals surface area contributed by atoms with E-state index in [9.17, 15) is 18.5 Å². The summed E-state index contributed by atoms with van der Waals surface area (Å²) < 4.78 is 26.5. The minimum atomic E-state index is -3.98. The lowest BCUT2D eigenvalue weighted by molar-refractivity contribution is -0.385. The van der Waals surface area contributed by atoms with Crippen molar-refractivity contribution in [1.82, 2.24) is 0 Å². The second-order valence-corrected chi connectivity index (χ2v) is 7.53. The van der Waals surface area contributed by atoms with Crippen LogP contribution in [0.4, 0.5) is 11.4 Å². The predicted molar refractivity (Wildman–Crippen MR) is 89.9 cm³/mol. The van der Waals surface area contributed by atoms with Crippen molar-refractivity contribution in [2.75, 3.05) is 11.4 Å². The molecule has 0 N–H and O–H groups in total.